The number of halogens is 3. The third kappa shape index (κ3) is 3.61. The van der Waals surface area contributed by atoms with E-state index >= 15 is 0 Å². The van der Waals surface area contributed by atoms with Crippen LogP contribution in [0.15, 0.2) is 0 Å². The van der Waals surface area contributed by atoms with Gasteiger partial charge < -0.3 is 10.8 Å². The van der Waals surface area contributed by atoms with Gasteiger partial charge in [0.1, 0.15) is 6.04 Å². The summed E-state index contributed by atoms with van der Waals surface area (Å²) in [5, 5.41) is 9.08. The predicted molar refractivity (Wildman–Crippen MR) is 57.0 cm³/mol. The normalized spacial score (nSPS) is 17.6. The summed E-state index contributed by atoms with van der Waals surface area (Å²) in [5.41, 5.74) is 4.56. The lowest BCUT2D eigenvalue weighted by molar-refractivity contribution is -0.200. The molecule has 0 aliphatic rings. The van der Waals surface area contributed by atoms with Crippen molar-refractivity contribution in [3.05, 3.63) is 0 Å². The summed E-state index contributed by atoms with van der Waals surface area (Å²) < 4.78 is 38.6. The Morgan fingerprint density at radius 2 is 1.75 bits per heavy atom. The summed E-state index contributed by atoms with van der Waals surface area (Å²) in [7, 11) is 1.34. The van der Waals surface area contributed by atoms with Gasteiger partial charge in [-0.25, -0.2) is 0 Å². The molecule has 0 bridgehead atoms. The van der Waals surface area contributed by atoms with Crippen molar-refractivity contribution in [2.75, 3.05) is 13.7 Å². The zero-order valence-electron chi connectivity index (χ0n) is 10.2. The Balaban J connectivity index is 5.06. The van der Waals surface area contributed by atoms with E-state index in [0.717, 1.165) is 4.90 Å². The third-order valence-corrected chi connectivity index (χ3v) is 2.97. The lowest BCUT2D eigenvalue weighted by atomic mass is 9.97. The predicted octanol–water partition coefficient (Wildman–Crippen LogP) is 1.36. The van der Waals surface area contributed by atoms with Gasteiger partial charge in [0.25, 0.3) is 0 Å². The molecule has 2 unspecified atom stereocenters. The van der Waals surface area contributed by atoms with Gasteiger partial charge in [-0.2, -0.15) is 13.2 Å². The number of hydrogen-bond donors (Lipinski definition) is 2. The van der Waals surface area contributed by atoms with E-state index in [1.165, 1.54) is 7.05 Å². The van der Waals surface area contributed by atoms with Crippen molar-refractivity contribution >= 4 is 0 Å². The topological polar surface area (TPSA) is 49.5 Å². The van der Waals surface area contributed by atoms with Gasteiger partial charge >= 0.3 is 6.18 Å². The molecular weight excluding hydrogens is 221 g/mol. The Hall–Kier alpha value is -0.330. The van der Waals surface area contributed by atoms with Crippen LogP contribution in [0, 0.1) is 0 Å². The molecule has 0 rings (SSSR count). The number of nitrogens with zero attached hydrogens (tertiary/aromatic N) is 1. The first-order valence-electron chi connectivity index (χ1n) is 5.24. The van der Waals surface area contributed by atoms with Gasteiger partial charge in [-0.15, -0.1) is 0 Å². The minimum Gasteiger partial charge on any atom is -0.394 e. The molecule has 0 spiro atoms. The first-order chi connectivity index (χ1) is 7.07. The average Bonchev–Trinajstić information content (AvgIpc) is 2.15. The quantitative estimate of drug-likeness (QED) is 0.765. The monoisotopic (exact) mass is 242 g/mol. The second-order valence-electron chi connectivity index (χ2n) is 4.64. The molecule has 0 aromatic heterocycles. The van der Waals surface area contributed by atoms with E-state index in [0.29, 0.717) is 0 Å². The van der Waals surface area contributed by atoms with Gasteiger partial charge in [0.2, 0.25) is 0 Å². The van der Waals surface area contributed by atoms with Crippen LogP contribution < -0.4 is 5.73 Å². The summed E-state index contributed by atoms with van der Waals surface area (Å²) in [6.07, 6.45) is -4.16. The van der Waals surface area contributed by atoms with Crippen molar-refractivity contribution in [3.63, 3.8) is 0 Å². The molecule has 0 saturated heterocycles. The largest absolute Gasteiger partial charge is 0.405 e. The van der Waals surface area contributed by atoms with Crippen molar-refractivity contribution in [3.8, 4) is 0 Å². The number of hydrogen-bond acceptors (Lipinski definition) is 3. The van der Waals surface area contributed by atoms with Crippen LogP contribution in [0.4, 0.5) is 13.2 Å². The molecule has 0 aliphatic carbocycles. The van der Waals surface area contributed by atoms with E-state index in [-0.39, 0.29) is 13.0 Å². The highest BCUT2D eigenvalue weighted by Crippen LogP contribution is 2.30. The molecule has 0 aliphatic heterocycles. The Kier molecular flexibility index (Phi) is 5.22. The Bertz CT molecular complexity index is 219. The van der Waals surface area contributed by atoms with Gasteiger partial charge in [0.15, 0.2) is 0 Å². The van der Waals surface area contributed by atoms with Crippen LogP contribution in [-0.4, -0.2) is 47.5 Å². The van der Waals surface area contributed by atoms with E-state index in [9.17, 15) is 13.2 Å². The number of aliphatic hydroxyl groups excluding tert-OH is 1. The first kappa shape index (κ1) is 15.7. The van der Waals surface area contributed by atoms with Crippen LogP contribution in [-0.2, 0) is 0 Å². The highest BCUT2D eigenvalue weighted by Gasteiger charge is 2.48. The number of aliphatic hydroxyl groups is 1. The molecule has 0 heterocycles. The summed E-state index contributed by atoms with van der Waals surface area (Å²) in [6, 6.07) is -2.73. The fourth-order valence-electron chi connectivity index (χ4n) is 1.46. The highest BCUT2D eigenvalue weighted by molar-refractivity contribution is 4.92. The van der Waals surface area contributed by atoms with Crippen LogP contribution in [0.3, 0.4) is 0 Å². The van der Waals surface area contributed by atoms with E-state index in [2.05, 4.69) is 0 Å². The van der Waals surface area contributed by atoms with E-state index in [4.69, 9.17) is 10.8 Å². The van der Waals surface area contributed by atoms with Crippen LogP contribution in [0.1, 0.15) is 27.2 Å². The van der Waals surface area contributed by atoms with Crippen LogP contribution in [0.25, 0.3) is 0 Å². The molecule has 3 N–H and O–H groups in total. The highest BCUT2D eigenvalue weighted by atomic mass is 19.4. The maximum Gasteiger partial charge on any atom is 0.405 e. The van der Waals surface area contributed by atoms with Gasteiger partial charge in [-0.05, 0) is 27.3 Å². The van der Waals surface area contributed by atoms with Gasteiger partial charge in [-0.3, -0.25) is 4.90 Å². The minimum absolute atomic E-state index is 0.232. The second-order valence-corrected chi connectivity index (χ2v) is 4.64. The van der Waals surface area contributed by atoms with Gasteiger partial charge in [0.05, 0.1) is 6.61 Å². The molecule has 0 aromatic rings. The zero-order chi connectivity index (χ0) is 13.1. The van der Waals surface area contributed by atoms with Crippen molar-refractivity contribution < 1.29 is 18.3 Å². The third-order valence-electron chi connectivity index (χ3n) is 2.97. The smallest absolute Gasteiger partial charge is 0.394 e. The SMILES string of the molecule is CCC(N)C(N(C)C(C)(C)CO)C(F)(F)F. The van der Waals surface area contributed by atoms with Crippen LogP contribution in [0.2, 0.25) is 0 Å². The fraction of sp³-hybridized carbons (Fsp3) is 1.00. The molecule has 0 saturated carbocycles. The van der Waals surface area contributed by atoms with E-state index < -0.39 is 23.8 Å². The summed E-state index contributed by atoms with van der Waals surface area (Å²) in [5.74, 6) is 0. The summed E-state index contributed by atoms with van der Waals surface area (Å²) in [6.45, 7) is 4.36. The molecule has 0 fully saturated rings. The average molecular weight is 242 g/mol. The lowest BCUT2D eigenvalue weighted by Gasteiger charge is -2.42. The minimum atomic E-state index is -4.39. The molecule has 2 atom stereocenters. The number of likely N-dealkylation sites (N-methyl/N-ethyl adjacent to an activating group) is 1. The number of nitrogens with two attached hydrogens (primary N) is 1. The molecule has 16 heavy (non-hydrogen) atoms. The molecule has 6 heteroatoms. The standard InChI is InChI=1S/C10H21F3N2O/c1-5-7(14)8(10(11,12)13)15(4)9(2,3)6-16/h7-8,16H,5-6,14H2,1-4H3. The van der Waals surface area contributed by atoms with E-state index in [1.54, 1.807) is 20.8 Å². The number of rotatable bonds is 5. The number of alkyl halides is 3. The molecule has 0 radical (unpaired) electrons. The molecule has 0 amide bonds. The van der Waals surface area contributed by atoms with Crippen molar-refractivity contribution in [2.45, 2.75) is 51.0 Å². The Morgan fingerprint density at radius 1 is 1.31 bits per heavy atom. The summed E-state index contributed by atoms with van der Waals surface area (Å²) >= 11 is 0. The van der Waals surface area contributed by atoms with Gasteiger partial charge in [0, 0.05) is 11.6 Å². The van der Waals surface area contributed by atoms with Crippen LogP contribution in [0.5, 0.6) is 0 Å². The second kappa shape index (κ2) is 5.33. The molecule has 3 nitrogen and oxygen atoms in total. The first-order valence-corrected chi connectivity index (χ1v) is 5.24. The summed E-state index contributed by atoms with van der Waals surface area (Å²) in [4.78, 5) is 1.10. The Labute approximate surface area is 94.4 Å². The van der Waals surface area contributed by atoms with Crippen molar-refractivity contribution in [1.82, 2.24) is 4.90 Å². The fourth-order valence-corrected chi connectivity index (χ4v) is 1.46. The maximum absolute atomic E-state index is 12.9. The molecular formula is C10H21F3N2O. The van der Waals surface area contributed by atoms with Gasteiger partial charge in [-0.1, -0.05) is 6.92 Å². The zero-order valence-corrected chi connectivity index (χ0v) is 10.2. The van der Waals surface area contributed by atoms with Crippen LogP contribution >= 0.6 is 0 Å². The Morgan fingerprint density at radius 3 is 2.00 bits per heavy atom. The molecule has 0 aromatic carbocycles. The lowest BCUT2D eigenvalue weighted by Crippen LogP contribution is -2.61. The maximum atomic E-state index is 12.9. The van der Waals surface area contributed by atoms with Crippen molar-refractivity contribution in [1.29, 1.82) is 0 Å². The van der Waals surface area contributed by atoms with E-state index in [1.807, 2.05) is 0 Å². The van der Waals surface area contributed by atoms with Crippen molar-refractivity contribution in [2.24, 2.45) is 5.73 Å². The molecule has 98 valence electrons.